The van der Waals surface area contributed by atoms with Crippen LogP contribution in [0, 0.1) is 0 Å². The lowest BCUT2D eigenvalue weighted by Gasteiger charge is -2.24. The summed E-state index contributed by atoms with van der Waals surface area (Å²) in [6.07, 6.45) is 6.06. The molecule has 1 saturated heterocycles. The molecule has 0 aliphatic carbocycles. The van der Waals surface area contributed by atoms with Crippen LogP contribution in [0.3, 0.4) is 0 Å². The van der Waals surface area contributed by atoms with E-state index in [2.05, 4.69) is 28.5 Å². The van der Waals surface area contributed by atoms with Crippen LogP contribution in [0.1, 0.15) is 12.8 Å². The molecule has 0 spiro atoms. The van der Waals surface area contributed by atoms with Gasteiger partial charge in [-0.15, -0.1) is 0 Å². The SMILES string of the molecule is c1cc(NC2CCCOC2)c2cnccc2c1. The summed E-state index contributed by atoms with van der Waals surface area (Å²) in [6, 6.07) is 8.76. The van der Waals surface area contributed by atoms with Crippen LogP contribution < -0.4 is 5.32 Å². The van der Waals surface area contributed by atoms with Crippen LogP contribution in [0.5, 0.6) is 0 Å². The molecule has 3 rings (SSSR count). The zero-order chi connectivity index (χ0) is 11.5. The summed E-state index contributed by atoms with van der Waals surface area (Å²) in [5.74, 6) is 0. The van der Waals surface area contributed by atoms with E-state index in [0.717, 1.165) is 25.3 Å². The highest BCUT2D eigenvalue weighted by atomic mass is 16.5. The number of nitrogens with zero attached hydrogens (tertiary/aromatic N) is 1. The van der Waals surface area contributed by atoms with Gasteiger partial charge < -0.3 is 10.1 Å². The van der Waals surface area contributed by atoms with Gasteiger partial charge in [-0.2, -0.15) is 0 Å². The highest BCUT2D eigenvalue weighted by Crippen LogP contribution is 2.24. The molecule has 3 nitrogen and oxygen atoms in total. The summed E-state index contributed by atoms with van der Waals surface area (Å²) in [4.78, 5) is 4.20. The summed E-state index contributed by atoms with van der Waals surface area (Å²) in [5.41, 5.74) is 1.16. The fourth-order valence-electron chi connectivity index (χ4n) is 2.31. The normalized spacial score (nSPS) is 20.4. The molecule has 1 aromatic carbocycles. The van der Waals surface area contributed by atoms with Gasteiger partial charge in [0.2, 0.25) is 0 Å². The number of aromatic nitrogens is 1. The van der Waals surface area contributed by atoms with Gasteiger partial charge in [0.1, 0.15) is 0 Å². The number of benzene rings is 1. The molecule has 17 heavy (non-hydrogen) atoms. The molecule has 0 bridgehead atoms. The van der Waals surface area contributed by atoms with Crippen LogP contribution >= 0.6 is 0 Å². The second kappa shape index (κ2) is 4.72. The number of ether oxygens (including phenoxy) is 1. The van der Waals surface area contributed by atoms with Gasteiger partial charge in [0, 0.05) is 36.1 Å². The van der Waals surface area contributed by atoms with Crippen molar-refractivity contribution in [2.75, 3.05) is 18.5 Å². The molecular weight excluding hydrogens is 212 g/mol. The number of anilines is 1. The Morgan fingerprint density at radius 3 is 3.18 bits per heavy atom. The molecule has 1 fully saturated rings. The summed E-state index contributed by atoms with van der Waals surface area (Å²) >= 11 is 0. The predicted octanol–water partition coefficient (Wildman–Crippen LogP) is 2.83. The lowest BCUT2D eigenvalue weighted by molar-refractivity contribution is 0.0876. The molecule has 2 aromatic rings. The van der Waals surface area contributed by atoms with E-state index in [0.29, 0.717) is 6.04 Å². The van der Waals surface area contributed by atoms with Gasteiger partial charge in [0.05, 0.1) is 6.61 Å². The first-order valence-corrected chi connectivity index (χ1v) is 6.10. The van der Waals surface area contributed by atoms with E-state index < -0.39 is 0 Å². The first kappa shape index (κ1) is 10.5. The van der Waals surface area contributed by atoms with Crippen LogP contribution in [0.15, 0.2) is 36.7 Å². The standard InChI is InChI=1S/C14H16N2O/c1-3-11-6-7-15-9-13(11)14(5-1)16-12-4-2-8-17-10-12/h1,3,5-7,9,12,16H,2,4,8,10H2. The second-order valence-electron chi connectivity index (χ2n) is 4.46. The molecule has 1 aromatic heterocycles. The Bertz CT molecular complexity index is 501. The Balaban J connectivity index is 1.89. The van der Waals surface area contributed by atoms with E-state index in [1.807, 2.05) is 18.5 Å². The summed E-state index contributed by atoms with van der Waals surface area (Å²) < 4.78 is 5.49. The third-order valence-corrected chi connectivity index (χ3v) is 3.20. The second-order valence-corrected chi connectivity index (χ2v) is 4.46. The van der Waals surface area contributed by atoms with Crippen molar-refractivity contribution in [3.05, 3.63) is 36.7 Å². The van der Waals surface area contributed by atoms with Gasteiger partial charge in [-0.1, -0.05) is 12.1 Å². The predicted molar refractivity (Wildman–Crippen MR) is 69.2 cm³/mol. The summed E-state index contributed by atoms with van der Waals surface area (Å²) in [7, 11) is 0. The molecule has 0 amide bonds. The minimum Gasteiger partial charge on any atom is -0.379 e. The molecular formula is C14H16N2O. The Morgan fingerprint density at radius 2 is 2.29 bits per heavy atom. The molecule has 3 heteroatoms. The van der Waals surface area contributed by atoms with Crippen molar-refractivity contribution in [2.24, 2.45) is 0 Å². The molecule has 0 saturated carbocycles. The van der Waals surface area contributed by atoms with Crippen molar-refractivity contribution in [3.63, 3.8) is 0 Å². The number of pyridine rings is 1. The lowest BCUT2D eigenvalue weighted by atomic mass is 10.1. The Labute approximate surface area is 101 Å². The fraction of sp³-hybridized carbons (Fsp3) is 0.357. The first-order chi connectivity index (χ1) is 8.43. The Hall–Kier alpha value is -1.61. The van der Waals surface area contributed by atoms with Crippen LogP contribution in [-0.2, 0) is 4.74 Å². The highest BCUT2D eigenvalue weighted by molar-refractivity contribution is 5.93. The van der Waals surface area contributed by atoms with Crippen LogP contribution in [-0.4, -0.2) is 24.2 Å². The van der Waals surface area contributed by atoms with E-state index in [1.54, 1.807) is 0 Å². The van der Waals surface area contributed by atoms with Crippen molar-refractivity contribution in [2.45, 2.75) is 18.9 Å². The molecule has 88 valence electrons. The Kier molecular flexibility index (Phi) is 2.92. The number of fused-ring (bicyclic) bond motifs is 1. The van der Waals surface area contributed by atoms with Crippen molar-refractivity contribution < 1.29 is 4.74 Å². The largest absolute Gasteiger partial charge is 0.379 e. The summed E-state index contributed by atoms with van der Waals surface area (Å²) in [5, 5.41) is 5.96. The zero-order valence-corrected chi connectivity index (χ0v) is 9.73. The number of hydrogen-bond acceptors (Lipinski definition) is 3. The smallest absolute Gasteiger partial charge is 0.0667 e. The van der Waals surface area contributed by atoms with E-state index in [9.17, 15) is 0 Å². The zero-order valence-electron chi connectivity index (χ0n) is 9.73. The van der Waals surface area contributed by atoms with Crippen LogP contribution in [0.2, 0.25) is 0 Å². The lowest BCUT2D eigenvalue weighted by Crippen LogP contribution is -2.29. The van der Waals surface area contributed by atoms with Crippen LogP contribution in [0.25, 0.3) is 10.8 Å². The number of nitrogens with one attached hydrogen (secondary N) is 1. The maximum atomic E-state index is 5.49. The third-order valence-electron chi connectivity index (χ3n) is 3.20. The molecule has 1 aliphatic heterocycles. The topological polar surface area (TPSA) is 34.1 Å². The molecule has 1 aliphatic rings. The number of hydrogen-bond donors (Lipinski definition) is 1. The third kappa shape index (κ3) is 2.24. The summed E-state index contributed by atoms with van der Waals surface area (Å²) in [6.45, 7) is 1.70. The average Bonchev–Trinajstić information content (AvgIpc) is 2.40. The van der Waals surface area contributed by atoms with Crippen molar-refractivity contribution in [1.29, 1.82) is 0 Å². The molecule has 0 radical (unpaired) electrons. The minimum absolute atomic E-state index is 0.426. The minimum atomic E-state index is 0.426. The highest BCUT2D eigenvalue weighted by Gasteiger charge is 2.14. The molecule has 1 N–H and O–H groups in total. The maximum Gasteiger partial charge on any atom is 0.0667 e. The van der Waals surface area contributed by atoms with Crippen molar-refractivity contribution >= 4 is 16.5 Å². The van der Waals surface area contributed by atoms with Gasteiger partial charge in [-0.25, -0.2) is 0 Å². The van der Waals surface area contributed by atoms with E-state index in [4.69, 9.17) is 4.74 Å². The van der Waals surface area contributed by atoms with Crippen LogP contribution in [0.4, 0.5) is 5.69 Å². The van der Waals surface area contributed by atoms with Gasteiger partial charge in [0.15, 0.2) is 0 Å². The van der Waals surface area contributed by atoms with Gasteiger partial charge in [0.25, 0.3) is 0 Å². The maximum absolute atomic E-state index is 5.49. The number of rotatable bonds is 2. The van der Waals surface area contributed by atoms with E-state index in [-0.39, 0.29) is 0 Å². The Morgan fingerprint density at radius 1 is 1.29 bits per heavy atom. The molecule has 2 heterocycles. The fourth-order valence-corrected chi connectivity index (χ4v) is 2.31. The average molecular weight is 228 g/mol. The molecule has 1 unspecified atom stereocenters. The van der Waals surface area contributed by atoms with Crippen molar-refractivity contribution in [1.82, 2.24) is 4.98 Å². The van der Waals surface area contributed by atoms with E-state index >= 15 is 0 Å². The van der Waals surface area contributed by atoms with E-state index in [1.165, 1.54) is 17.2 Å². The van der Waals surface area contributed by atoms with Gasteiger partial charge in [-0.3, -0.25) is 4.98 Å². The van der Waals surface area contributed by atoms with Gasteiger partial charge >= 0.3 is 0 Å². The monoisotopic (exact) mass is 228 g/mol. The molecule has 1 atom stereocenters. The first-order valence-electron chi connectivity index (χ1n) is 6.10. The van der Waals surface area contributed by atoms with Gasteiger partial charge in [-0.05, 0) is 30.4 Å². The quantitative estimate of drug-likeness (QED) is 0.858. The van der Waals surface area contributed by atoms with Crippen molar-refractivity contribution in [3.8, 4) is 0 Å².